The molecule has 0 aliphatic heterocycles. The van der Waals surface area contributed by atoms with Crippen LogP contribution in [0.5, 0.6) is 17.2 Å². The maximum absolute atomic E-state index is 9.68. The standard InChI is InChI=1S/C13H12O3/c1-8-6-9(2-5-12(8)15)11-4-3-10(14)7-13(11)16/h2-7,14-16H,1H3. The van der Waals surface area contributed by atoms with E-state index in [1.54, 1.807) is 31.2 Å². The Morgan fingerprint density at radius 1 is 0.812 bits per heavy atom. The van der Waals surface area contributed by atoms with Gasteiger partial charge in [-0.3, -0.25) is 0 Å². The normalized spacial score (nSPS) is 10.3. The summed E-state index contributed by atoms with van der Waals surface area (Å²) in [4.78, 5) is 0. The second-order valence-corrected chi connectivity index (χ2v) is 3.70. The number of hydrogen-bond donors (Lipinski definition) is 3. The van der Waals surface area contributed by atoms with Gasteiger partial charge in [0.15, 0.2) is 0 Å². The molecule has 3 N–H and O–H groups in total. The van der Waals surface area contributed by atoms with E-state index >= 15 is 0 Å². The summed E-state index contributed by atoms with van der Waals surface area (Å²) in [5, 5.41) is 28.3. The Labute approximate surface area is 93.2 Å². The molecule has 0 saturated heterocycles. The zero-order valence-corrected chi connectivity index (χ0v) is 8.81. The third kappa shape index (κ3) is 1.80. The van der Waals surface area contributed by atoms with Gasteiger partial charge in [0, 0.05) is 11.6 Å². The maximum atomic E-state index is 9.68. The molecule has 2 rings (SSSR count). The molecule has 0 aliphatic carbocycles. The summed E-state index contributed by atoms with van der Waals surface area (Å²) in [7, 11) is 0. The fourth-order valence-corrected chi connectivity index (χ4v) is 1.59. The van der Waals surface area contributed by atoms with Crippen molar-refractivity contribution in [3.8, 4) is 28.4 Å². The van der Waals surface area contributed by atoms with Gasteiger partial charge in [-0.15, -0.1) is 0 Å². The van der Waals surface area contributed by atoms with Crippen molar-refractivity contribution in [3.63, 3.8) is 0 Å². The topological polar surface area (TPSA) is 60.7 Å². The lowest BCUT2D eigenvalue weighted by Gasteiger charge is -2.07. The summed E-state index contributed by atoms with van der Waals surface area (Å²) in [6.07, 6.45) is 0. The number of benzene rings is 2. The number of rotatable bonds is 1. The zero-order valence-electron chi connectivity index (χ0n) is 8.81. The van der Waals surface area contributed by atoms with Crippen LogP contribution < -0.4 is 0 Å². The van der Waals surface area contributed by atoms with E-state index in [9.17, 15) is 15.3 Å². The molecule has 0 heterocycles. The lowest BCUT2D eigenvalue weighted by atomic mass is 10.0. The second-order valence-electron chi connectivity index (χ2n) is 3.70. The molecular weight excluding hydrogens is 204 g/mol. The van der Waals surface area contributed by atoms with Crippen LogP contribution in [0.25, 0.3) is 11.1 Å². The molecule has 0 saturated carbocycles. The number of hydrogen-bond acceptors (Lipinski definition) is 3. The van der Waals surface area contributed by atoms with E-state index in [1.807, 2.05) is 0 Å². The Morgan fingerprint density at radius 3 is 2.19 bits per heavy atom. The van der Waals surface area contributed by atoms with Crippen molar-refractivity contribution in [1.82, 2.24) is 0 Å². The first kappa shape index (κ1) is 10.4. The van der Waals surface area contributed by atoms with Crippen molar-refractivity contribution >= 4 is 0 Å². The van der Waals surface area contributed by atoms with Crippen LogP contribution in [0, 0.1) is 6.92 Å². The highest BCUT2D eigenvalue weighted by molar-refractivity contribution is 5.72. The van der Waals surface area contributed by atoms with E-state index in [0.29, 0.717) is 5.56 Å². The van der Waals surface area contributed by atoms with E-state index in [1.165, 1.54) is 12.1 Å². The molecule has 0 bridgehead atoms. The molecule has 3 heteroatoms. The molecule has 0 spiro atoms. The highest BCUT2D eigenvalue weighted by atomic mass is 16.3. The Balaban J connectivity index is 2.54. The molecule has 0 amide bonds. The molecule has 0 unspecified atom stereocenters. The van der Waals surface area contributed by atoms with Crippen LogP contribution >= 0.6 is 0 Å². The fourth-order valence-electron chi connectivity index (χ4n) is 1.59. The first-order valence-corrected chi connectivity index (χ1v) is 4.90. The van der Waals surface area contributed by atoms with Crippen LogP contribution in [0.2, 0.25) is 0 Å². The van der Waals surface area contributed by atoms with Crippen LogP contribution in [-0.4, -0.2) is 15.3 Å². The van der Waals surface area contributed by atoms with Crippen molar-refractivity contribution in [2.45, 2.75) is 6.92 Å². The largest absolute Gasteiger partial charge is 0.508 e. The fraction of sp³-hybridized carbons (Fsp3) is 0.0769. The minimum Gasteiger partial charge on any atom is -0.508 e. The molecule has 82 valence electrons. The number of phenolic OH excluding ortho intramolecular Hbond substituents is 3. The van der Waals surface area contributed by atoms with E-state index in [-0.39, 0.29) is 17.2 Å². The van der Waals surface area contributed by atoms with E-state index in [0.717, 1.165) is 11.1 Å². The quantitative estimate of drug-likeness (QED) is 0.686. The van der Waals surface area contributed by atoms with Gasteiger partial charge in [0.25, 0.3) is 0 Å². The molecule has 0 aliphatic rings. The van der Waals surface area contributed by atoms with Crippen LogP contribution in [0.4, 0.5) is 0 Å². The van der Waals surface area contributed by atoms with Crippen molar-refractivity contribution < 1.29 is 15.3 Å². The zero-order chi connectivity index (χ0) is 11.7. The molecule has 0 aromatic heterocycles. The summed E-state index contributed by atoms with van der Waals surface area (Å²) in [5.41, 5.74) is 2.17. The third-order valence-electron chi connectivity index (χ3n) is 2.49. The Morgan fingerprint density at radius 2 is 1.56 bits per heavy atom. The van der Waals surface area contributed by atoms with Gasteiger partial charge in [-0.25, -0.2) is 0 Å². The van der Waals surface area contributed by atoms with Crippen LogP contribution in [0.1, 0.15) is 5.56 Å². The van der Waals surface area contributed by atoms with Crippen molar-refractivity contribution in [1.29, 1.82) is 0 Å². The Kier molecular flexibility index (Phi) is 2.44. The number of aromatic hydroxyl groups is 3. The third-order valence-corrected chi connectivity index (χ3v) is 2.49. The summed E-state index contributed by atoms with van der Waals surface area (Å²) in [6.45, 7) is 1.79. The predicted octanol–water partition coefficient (Wildman–Crippen LogP) is 2.78. The SMILES string of the molecule is Cc1cc(-c2ccc(O)cc2O)ccc1O. The molecule has 2 aromatic carbocycles. The van der Waals surface area contributed by atoms with Gasteiger partial charge < -0.3 is 15.3 Å². The number of aryl methyl sites for hydroxylation is 1. The average molecular weight is 216 g/mol. The van der Waals surface area contributed by atoms with Gasteiger partial charge in [0.05, 0.1) is 0 Å². The molecule has 3 nitrogen and oxygen atoms in total. The molecule has 16 heavy (non-hydrogen) atoms. The van der Waals surface area contributed by atoms with E-state index < -0.39 is 0 Å². The van der Waals surface area contributed by atoms with Crippen molar-refractivity contribution in [2.75, 3.05) is 0 Å². The van der Waals surface area contributed by atoms with Crippen LogP contribution in [-0.2, 0) is 0 Å². The monoisotopic (exact) mass is 216 g/mol. The smallest absolute Gasteiger partial charge is 0.127 e. The lowest BCUT2D eigenvalue weighted by Crippen LogP contribution is -1.81. The minimum atomic E-state index is 0.0186. The molecule has 0 radical (unpaired) electrons. The minimum absolute atomic E-state index is 0.0186. The highest BCUT2D eigenvalue weighted by Crippen LogP contribution is 2.33. The summed E-state index contributed by atoms with van der Waals surface area (Å²) < 4.78 is 0. The number of phenols is 3. The van der Waals surface area contributed by atoms with Gasteiger partial charge in [-0.05, 0) is 42.3 Å². The molecule has 0 atom stereocenters. The van der Waals surface area contributed by atoms with Gasteiger partial charge >= 0.3 is 0 Å². The lowest BCUT2D eigenvalue weighted by molar-refractivity contribution is 0.451. The Hall–Kier alpha value is -2.16. The van der Waals surface area contributed by atoms with E-state index in [4.69, 9.17) is 0 Å². The second kappa shape index (κ2) is 3.77. The van der Waals surface area contributed by atoms with Gasteiger partial charge in [-0.1, -0.05) is 6.07 Å². The van der Waals surface area contributed by atoms with Crippen LogP contribution in [0.3, 0.4) is 0 Å². The van der Waals surface area contributed by atoms with Crippen LogP contribution in [0.15, 0.2) is 36.4 Å². The Bertz CT molecular complexity index is 533. The van der Waals surface area contributed by atoms with Gasteiger partial charge in [0.1, 0.15) is 17.2 Å². The van der Waals surface area contributed by atoms with Crippen molar-refractivity contribution in [2.24, 2.45) is 0 Å². The van der Waals surface area contributed by atoms with Gasteiger partial charge in [-0.2, -0.15) is 0 Å². The first-order valence-electron chi connectivity index (χ1n) is 4.90. The highest BCUT2D eigenvalue weighted by Gasteiger charge is 2.06. The molecular formula is C13H12O3. The first-order chi connectivity index (χ1) is 7.58. The average Bonchev–Trinajstić information content (AvgIpc) is 2.22. The maximum Gasteiger partial charge on any atom is 0.127 e. The predicted molar refractivity (Wildman–Crippen MR) is 61.6 cm³/mol. The van der Waals surface area contributed by atoms with Gasteiger partial charge in [0.2, 0.25) is 0 Å². The molecule has 2 aromatic rings. The van der Waals surface area contributed by atoms with E-state index in [2.05, 4.69) is 0 Å². The summed E-state index contributed by atoms with van der Waals surface area (Å²) in [5.74, 6) is 0.267. The van der Waals surface area contributed by atoms with Crippen molar-refractivity contribution in [3.05, 3.63) is 42.0 Å². The summed E-state index contributed by atoms with van der Waals surface area (Å²) in [6, 6.07) is 9.51. The summed E-state index contributed by atoms with van der Waals surface area (Å²) >= 11 is 0. The molecule has 0 fully saturated rings.